The van der Waals surface area contributed by atoms with Crippen LogP contribution in [0.15, 0.2) is 0 Å². The summed E-state index contributed by atoms with van der Waals surface area (Å²) in [5.74, 6) is 1.64. The van der Waals surface area contributed by atoms with Crippen LogP contribution in [0.5, 0.6) is 0 Å². The van der Waals surface area contributed by atoms with Crippen molar-refractivity contribution >= 4 is 0 Å². The fraction of sp³-hybridized carbons (Fsp3) is 1.00. The Bertz CT molecular complexity index is 221. The normalized spacial score (nSPS) is 37.7. The van der Waals surface area contributed by atoms with Crippen molar-refractivity contribution in [3.05, 3.63) is 0 Å². The smallest absolute Gasteiger partial charge is 0.160 e. The van der Waals surface area contributed by atoms with Crippen LogP contribution in [0.2, 0.25) is 0 Å². The van der Waals surface area contributed by atoms with Gasteiger partial charge >= 0.3 is 0 Å². The van der Waals surface area contributed by atoms with E-state index in [1.807, 2.05) is 0 Å². The third kappa shape index (κ3) is 4.24. The van der Waals surface area contributed by atoms with E-state index in [1.54, 1.807) is 0 Å². The number of hydrogen-bond donors (Lipinski definition) is 0. The molecule has 0 amide bonds. The Labute approximate surface area is 112 Å². The summed E-state index contributed by atoms with van der Waals surface area (Å²) in [6, 6.07) is 0. The molecule has 1 saturated carbocycles. The zero-order valence-electron chi connectivity index (χ0n) is 12.2. The molecule has 2 aliphatic rings. The lowest BCUT2D eigenvalue weighted by Crippen LogP contribution is -2.37. The van der Waals surface area contributed by atoms with Crippen LogP contribution in [0.25, 0.3) is 0 Å². The minimum atomic E-state index is 0.102. The maximum absolute atomic E-state index is 5.94. The quantitative estimate of drug-likeness (QED) is 0.671. The van der Waals surface area contributed by atoms with E-state index >= 15 is 0 Å². The first kappa shape index (κ1) is 14.3. The average molecular weight is 254 g/mol. The van der Waals surface area contributed by atoms with Crippen LogP contribution in [0.4, 0.5) is 0 Å². The van der Waals surface area contributed by atoms with E-state index in [0.717, 1.165) is 18.9 Å². The molecule has 0 bridgehead atoms. The Morgan fingerprint density at radius 2 is 1.78 bits per heavy atom. The largest absolute Gasteiger partial charge is 0.352 e. The van der Waals surface area contributed by atoms with Crippen molar-refractivity contribution in [1.29, 1.82) is 0 Å². The summed E-state index contributed by atoms with van der Waals surface area (Å²) in [4.78, 5) is 0. The van der Waals surface area contributed by atoms with Crippen LogP contribution in [0.1, 0.15) is 71.6 Å². The fourth-order valence-electron chi connectivity index (χ4n) is 3.37. The minimum absolute atomic E-state index is 0.102. The van der Waals surface area contributed by atoms with Crippen LogP contribution in [-0.2, 0) is 9.47 Å². The van der Waals surface area contributed by atoms with Gasteiger partial charge in [-0.15, -0.1) is 0 Å². The van der Waals surface area contributed by atoms with E-state index in [-0.39, 0.29) is 6.29 Å². The third-order valence-electron chi connectivity index (χ3n) is 4.67. The predicted octanol–water partition coefficient (Wildman–Crippen LogP) is 4.52. The Balaban J connectivity index is 1.66. The molecule has 18 heavy (non-hydrogen) atoms. The van der Waals surface area contributed by atoms with Gasteiger partial charge in [-0.2, -0.15) is 0 Å². The minimum Gasteiger partial charge on any atom is -0.352 e. The van der Waals surface area contributed by atoms with Gasteiger partial charge in [0.1, 0.15) is 0 Å². The highest BCUT2D eigenvalue weighted by Crippen LogP contribution is 2.36. The van der Waals surface area contributed by atoms with E-state index in [1.165, 1.54) is 51.4 Å². The molecule has 2 fully saturated rings. The molecule has 0 spiro atoms. The van der Waals surface area contributed by atoms with Crippen LogP contribution < -0.4 is 0 Å². The van der Waals surface area contributed by atoms with Gasteiger partial charge in [-0.05, 0) is 44.9 Å². The lowest BCUT2D eigenvalue weighted by atomic mass is 9.79. The molecule has 1 saturated heterocycles. The second-order valence-electron chi connectivity index (χ2n) is 6.25. The van der Waals surface area contributed by atoms with E-state index < -0.39 is 0 Å². The van der Waals surface area contributed by atoms with Crippen LogP contribution in [0.3, 0.4) is 0 Å². The number of unbranched alkanes of at least 4 members (excludes halogenated alkanes) is 2. The first-order valence-corrected chi connectivity index (χ1v) is 8.06. The lowest BCUT2D eigenvalue weighted by molar-refractivity contribution is -0.236. The van der Waals surface area contributed by atoms with E-state index in [2.05, 4.69) is 13.8 Å². The summed E-state index contributed by atoms with van der Waals surface area (Å²) in [6.45, 7) is 5.35. The molecule has 0 aromatic carbocycles. The average Bonchev–Trinajstić information content (AvgIpc) is 2.40. The summed E-state index contributed by atoms with van der Waals surface area (Å²) < 4.78 is 11.7. The zero-order chi connectivity index (χ0) is 12.8. The van der Waals surface area contributed by atoms with Crippen molar-refractivity contribution in [2.45, 2.75) is 84.0 Å². The van der Waals surface area contributed by atoms with Crippen LogP contribution in [-0.4, -0.2) is 19.0 Å². The molecular formula is C16H30O2. The second kappa shape index (κ2) is 7.49. The molecule has 0 N–H and O–H groups in total. The Morgan fingerprint density at radius 1 is 1.00 bits per heavy atom. The Morgan fingerprint density at radius 3 is 2.44 bits per heavy atom. The summed E-state index contributed by atoms with van der Waals surface area (Å²) in [5, 5.41) is 0. The molecule has 0 aromatic heterocycles. The highest BCUT2D eigenvalue weighted by molar-refractivity contribution is 4.76. The topological polar surface area (TPSA) is 18.5 Å². The van der Waals surface area contributed by atoms with Crippen LogP contribution in [0, 0.1) is 11.8 Å². The van der Waals surface area contributed by atoms with Gasteiger partial charge in [0.05, 0.1) is 12.7 Å². The first-order valence-electron chi connectivity index (χ1n) is 8.06. The molecule has 0 unspecified atom stereocenters. The van der Waals surface area contributed by atoms with E-state index in [9.17, 15) is 0 Å². The van der Waals surface area contributed by atoms with Crippen molar-refractivity contribution in [2.24, 2.45) is 11.8 Å². The third-order valence-corrected chi connectivity index (χ3v) is 4.67. The van der Waals surface area contributed by atoms with Gasteiger partial charge in [0, 0.05) is 5.92 Å². The van der Waals surface area contributed by atoms with Crippen molar-refractivity contribution in [3.8, 4) is 0 Å². The molecule has 1 aliphatic carbocycles. The van der Waals surface area contributed by atoms with E-state index in [0.29, 0.717) is 12.0 Å². The molecular weight excluding hydrogens is 224 g/mol. The molecule has 1 heterocycles. The standard InChI is InChI=1S/C16H30O2/c1-3-4-5-6-14-7-9-15(10-8-14)16-17-12-11-13(2)18-16/h13-16H,3-12H2,1-2H3/t13-,14?,15?,16-/m0/s1. The van der Waals surface area contributed by atoms with Crippen molar-refractivity contribution < 1.29 is 9.47 Å². The molecule has 2 rings (SSSR count). The van der Waals surface area contributed by atoms with Gasteiger partial charge < -0.3 is 9.47 Å². The number of rotatable bonds is 5. The van der Waals surface area contributed by atoms with Gasteiger partial charge in [-0.1, -0.05) is 32.6 Å². The highest BCUT2D eigenvalue weighted by Gasteiger charge is 2.31. The molecule has 106 valence electrons. The van der Waals surface area contributed by atoms with Gasteiger partial charge in [0.25, 0.3) is 0 Å². The molecule has 2 atom stereocenters. The second-order valence-corrected chi connectivity index (χ2v) is 6.25. The predicted molar refractivity (Wildman–Crippen MR) is 74.5 cm³/mol. The molecule has 1 aliphatic heterocycles. The number of hydrogen-bond acceptors (Lipinski definition) is 2. The van der Waals surface area contributed by atoms with Gasteiger partial charge in [-0.25, -0.2) is 0 Å². The molecule has 2 heteroatoms. The van der Waals surface area contributed by atoms with Crippen molar-refractivity contribution in [2.75, 3.05) is 6.61 Å². The fourth-order valence-corrected chi connectivity index (χ4v) is 3.37. The summed E-state index contributed by atoms with van der Waals surface area (Å²) >= 11 is 0. The SMILES string of the molecule is CCCCCC1CCC([C@H]2OCC[C@H](C)O2)CC1. The summed E-state index contributed by atoms with van der Waals surface area (Å²) in [6.07, 6.45) is 12.6. The summed E-state index contributed by atoms with van der Waals surface area (Å²) in [5.41, 5.74) is 0. The maximum Gasteiger partial charge on any atom is 0.160 e. The van der Waals surface area contributed by atoms with Gasteiger partial charge in [0.2, 0.25) is 0 Å². The Hall–Kier alpha value is -0.0800. The maximum atomic E-state index is 5.94. The lowest BCUT2D eigenvalue weighted by Gasteiger charge is -2.37. The van der Waals surface area contributed by atoms with Crippen molar-refractivity contribution in [1.82, 2.24) is 0 Å². The van der Waals surface area contributed by atoms with Crippen molar-refractivity contribution in [3.63, 3.8) is 0 Å². The number of ether oxygens (including phenoxy) is 2. The molecule has 0 radical (unpaired) electrons. The van der Waals surface area contributed by atoms with E-state index in [4.69, 9.17) is 9.47 Å². The van der Waals surface area contributed by atoms with Gasteiger partial charge in [-0.3, -0.25) is 0 Å². The monoisotopic (exact) mass is 254 g/mol. The summed E-state index contributed by atoms with van der Waals surface area (Å²) in [7, 11) is 0. The first-order chi connectivity index (χ1) is 8.79. The van der Waals surface area contributed by atoms with Crippen LogP contribution >= 0.6 is 0 Å². The highest BCUT2D eigenvalue weighted by atomic mass is 16.7. The zero-order valence-corrected chi connectivity index (χ0v) is 12.2. The Kier molecular flexibility index (Phi) is 5.97. The molecule has 0 aromatic rings. The van der Waals surface area contributed by atoms with Gasteiger partial charge in [0.15, 0.2) is 6.29 Å². The molecule has 2 nitrogen and oxygen atoms in total.